The molecule has 0 radical (unpaired) electrons. The number of rotatable bonds is 5. The normalized spacial score (nSPS) is 15.1. The zero-order chi connectivity index (χ0) is 16.8. The molecule has 1 amide bonds. The van der Waals surface area contributed by atoms with Crippen LogP contribution in [0.4, 0.5) is 0 Å². The molecule has 2 aromatic rings. The van der Waals surface area contributed by atoms with Crippen LogP contribution in [0.2, 0.25) is 0 Å². The summed E-state index contributed by atoms with van der Waals surface area (Å²) in [4.78, 5) is 14.5. The van der Waals surface area contributed by atoms with Gasteiger partial charge < -0.3 is 14.4 Å². The van der Waals surface area contributed by atoms with Crippen LogP contribution in [0.15, 0.2) is 54.6 Å². The summed E-state index contributed by atoms with van der Waals surface area (Å²) in [6.07, 6.45) is 1.96. The third-order valence-electron chi connectivity index (χ3n) is 4.47. The Morgan fingerprint density at radius 1 is 1.00 bits per heavy atom. The SMILES string of the molecule is COc1ccc(C(=O)N2CCC(COc3ccccc3)CC2)cc1. The second-order valence-electron chi connectivity index (χ2n) is 6.09. The maximum atomic E-state index is 12.5. The van der Waals surface area contributed by atoms with Gasteiger partial charge in [-0.25, -0.2) is 0 Å². The Morgan fingerprint density at radius 3 is 2.29 bits per heavy atom. The van der Waals surface area contributed by atoms with Crippen LogP contribution in [0, 0.1) is 5.92 Å². The highest BCUT2D eigenvalue weighted by Crippen LogP contribution is 2.21. The van der Waals surface area contributed by atoms with E-state index < -0.39 is 0 Å². The lowest BCUT2D eigenvalue weighted by Crippen LogP contribution is -2.39. The van der Waals surface area contributed by atoms with Gasteiger partial charge in [-0.1, -0.05) is 18.2 Å². The molecule has 1 aliphatic rings. The highest BCUT2D eigenvalue weighted by molar-refractivity contribution is 5.94. The zero-order valence-electron chi connectivity index (χ0n) is 14.0. The summed E-state index contributed by atoms with van der Waals surface area (Å²) in [7, 11) is 1.62. The first-order valence-electron chi connectivity index (χ1n) is 8.37. The first-order chi connectivity index (χ1) is 11.8. The highest BCUT2D eigenvalue weighted by atomic mass is 16.5. The van der Waals surface area contributed by atoms with E-state index in [1.807, 2.05) is 59.5 Å². The fraction of sp³-hybridized carbons (Fsp3) is 0.350. The van der Waals surface area contributed by atoms with Crippen molar-refractivity contribution >= 4 is 5.91 Å². The smallest absolute Gasteiger partial charge is 0.253 e. The minimum absolute atomic E-state index is 0.0973. The quantitative estimate of drug-likeness (QED) is 0.843. The van der Waals surface area contributed by atoms with Crippen molar-refractivity contribution in [3.8, 4) is 11.5 Å². The van der Waals surface area contributed by atoms with Gasteiger partial charge in [-0.2, -0.15) is 0 Å². The predicted octanol–water partition coefficient (Wildman–Crippen LogP) is 3.63. The number of benzene rings is 2. The number of hydrogen-bond acceptors (Lipinski definition) is 3. The van der Waals surface area contributed by atoms with Gasteiger partial charge in [0.25, 0.3) is 5.91 Å². The minimum Gasteiger partial charge on any atom is -0.497 e. The Kier molecular flexibility index (Phi) is 5.36. The molecular weight excluding hydrogens is 302 g/mol. The van der Waals surface area contributed by atoms with Crippen molar-refractivity contribution in [3.63, 3.8) is 0 Å². The molecule has 24 heavy (non-hydrogen) atoms. The Morgan fingerprint density at radius 2 is 1.67 bits per heavy atom. The van der Waals surface area contributed by atoms with E-state index in [9.17, 15) is 4.79 Å². The van der Waals surface area contributed by atoms with Crippen molar-refractivity contribution in [1.82, 2.24) is 4.90 Å². The van der Waals surface area contributed by atoms with Gasteiger partial charge in [-0.15, -0.1) is 0 Å². The van der Waals surface area contributed by atoms with Gasteiger partial charge >= 0.3 is 0 Å². The molecule has 1 saturated heterocycles. The Labute approximate surface area is 143 Å². The number of para-hydroxylation sites is 1. The van der Waals surface area contributed by atoms with Gasteiger partial charge in [0.15, 0.2) is 0 Å². The molecule has 2 aromatic carbocycles. The second kappa shape index (κ2) is 7.86. The molecule has 0 atom stereocenters. The van der Waals surface area contributed by atoms with E-state index in [-0.39, 0.29) is 5.91 Å². The lowest BCUT2D eigenvalue weighted by molar-refractivity contribution is 0.0661. The van der Waals surface area contributed by atoms with Crippen molar-refractivity contribution in [1.29, 1.82) is 0 Å². The maximum Gasteiger partial charge on any atom is 0.253 e. The van der Waals surface area contributed by atoms with Crippen molar-refractivity contribution in [3.05, 3.63) is 60.2 Å². The van der Waals surface area contributed by atoms with Crippen LogP contribution in [0.1, 0.15) is 23.2 Å². The fourth-order valence-corrected chi connectivity index (χ4v) is 2.95. The van der Waals surface area contributed by atoms with Crippen LogP contribution in [-0.2, 0) is 0 Å². The van der Waals surface area contributed by atoms with Crippen LogP contribution in [0.3, 0.4) is 0 Å². The third-order valence-corrected chi connectivity index (χ3v) is 4.47. The summed E-state index contributed by atoms with van der Waals surface area (Å²) in [6.45, 7) is 2.29. The number of amides is 1. The number of piperidine rings is 1. The molecule has 1 fully saturated rings. The summed E-state index contributed by atoms with van der Waals surface area (Å²) in [5.74, 6) is 2.28. The average molecular weight is 325 g/mol. The number of nitrogens with zero attached hydrogens (tertiary/aromatic N) is 1. The van der Waals surface area contributed by atoms with Gasteiger partial charge in [0.2, 0.25) is 0 Å². The zero-order valence-corrected chi connectivity index (χ0v) is 14.0. The van der Waals surface area contributed by atoms with E-state index in [1.165, 1.54) is 0 Å². The Balaban J connectivity index is 1.48. The molecule has 1 heterocycles. The van der Waals surface area contributed by atoms with E-state index in [4.69, 9.17) is 9.47 Å². The number of ether oxygens (including phenoxy) is 2. The molecule has 0 spiro atoms. The third kappa shape index (κ3) is 4.07. The molecule has 4 nitrogen and oxygen atoms in total. The summed E-state index contributed by atoms with van der Waals surface area (Å²) in [5.41, 5.74) is 0.717. The first-order valence-corrected chi connectivity index (χ1v) is 8.37. The topological polar surface area (TPSA) is 38.8 Å². The number of carbonyl (C=O) groups excluding carboxylic acids is 1. The molecule has 4 heteroatoms. The molecule has 3 rings (SSSR count). The van der Waals surface area contributed by atoms with Crippen LogP contribution < -0.4 is 9.47 Å². The molecule has 0 bridgehead atoms. The Bertz CT molecular complexity index is 646. The van der Waals surface area contributed by atoms with Crippen molar-refractivity contribution < 1.29 is 14.3 Å². The average Bonchev–Trinajstić information content (AvgIpc) is 2.67. The second-order valence-corrected chi connectivity index (χ2v) is 6.09. The van der Waals surface area contributed by atoms with Crippen molar-refractivity contribution in [2.24, 2.45) is 5.92 Å². The lowest BCUT2D eigenvalue weighted by atomic mass is 9.97. The molecule has 1 aliphatic heterocycles. The van der Waals surface area contributed by atoms with E-state index in [0.717, 1.165) is 43.0 Å². The number of carbonyl (C=O) groups is 1. The van der Waals surface area contributed by atoms with Gasteiger partial charge in [-0.05, 0) is 55.2 Å². The molecule has 126 valence electrons. The standard InChI is InChI=1S/C20H23NO3/c1-23-18-9-7-17(8-10-18)20(22)21-13-11-16(12-14-21)15-24-19-5-3-2-4-6-19/h2-10,16H,11-15H2,1H3. The molecule has 0 saturated carbocycles. The van der Waals surface area contributed by atoms with Crippen LogP contribution in [-0.4, -0.2) is 37.6 Å². The first kappa shape index (κ1) is 16.4. The number of likely N-dealkylation sites (tertiary alicyclic amines) is 1. The highest BCUT2D eigenvalue weighted by Gasteiger charge is 2.24. The van der Waals surface area contributed by atoms with E-state index in [2.05, 4.69) is 0 Å². The molecule has 0 N–H and O–H groups in total. The van der Waals surface area contributed by atoms with Gasteiger partial charge in [0, 0.05) is 18.7 Å². The summed E-state index contributed by atoms with van der Waals surface area (Å²) >= 11 is 0. The van der Waals surface area contributed by atoms with Gasteiger partial charge in [0.05, 0.1) is 13.7 Å². The van der Waals surface area contributed by atoms with E-state index in [0.29, 0.717) is 12.5 Å². The minimum atomic E-state index is 0.0973. The lowest BCUT2D eigenvalue weighted by Gasteiger charge is -2.32. The maximum absolute atomic E-state index is 12.5. The van der Waals surface area contributed by atoms with Gasteiger partial charge in [0.1, 0.15) is 11.5 Å². The van der Waals surface area contributed by atoms with Gasteiger partial charge in [-0.3, -0.25) is 4.79 Å². The largest absolute Gasteiger partial charge is 0.497 e. The fourth-order valence-electron chi connectivity index (χ4n) is 2.95. The number of hydrogen-bond donors (Lipinski definition) is 0. The monoisotopic (exact) mass is 325 g/mol. The van der Waals surface area contributed by atoms with Crippen LogP contribution in [0.5, 0.6) is 11.5 Å². The molecule has 0 aromatic heterocycles. The molecular formula is C20H23NO3. The van der Waals surface area contributed by atoms with Crippen LogP contribution in [0.25, 0.3) is 0 Å². The number of methoxy groups -OCH3 is 1. The summed E-state index contributed by atoms with van der Waals surface area (Å²) in [6, 6.07) is 17.2. The molecule has 0 unspecified atom stereocenters. The predicted molar refractivity (Wildman–Crippen MR) is 93.6 cm³/mol. The van der Waals surface area contributed by atoms with E-state index >= 15 is 0 Å². The van der Waals surface area contributed by atoms with Crippen molar-refractivity contribution in [2.45, 2.75) is 12.8 Å². The van der Waals surface area contributed by atoms with Crippen LogP contribution >= 0.6 is 0 Å². The Hall–Kier alpha value is -2.49. The summed E-state index contributed by atoms with van der Waals surface area (Å²) < 4.78 is 11.0. The van der Waals surface area contributed by atoms with E-state index in [1.54, 1.807) is 7.11 Å². The van der Waals surface area contributed by atoms with Crippen molar-refractivity contribution in [2.75, 3.05) is 26.8 Å². The molecule has 0 aliphatic carbocycles. The summed E-state index contributed by atoms with van der Waals surface area (Å²) in [5, 5.41) is 0.